The Morgan fingerprint density at radius 1 is 1.30 bits per heavy atom. The van der Waals surface area contributed by atoms with Crippen LogP contribution in [0.2, 0.25) is 0 Å². The van der Waals surface area contributed by atoms with Crippen LogP contribution in [0.15, 0.2) is 18.3 Å². The molecule has 0 aliphatic rings. The summed E-state index contributed by atoms with van der Waals surface area (Å²) in [6, 6.07) is 4.61. The van der Waals surface area contributed by atoms with Crippen LogP contribution in [-0.4, -0.2) is 26.1 Å². The maximum Gasteiger partial charge on any atom is 0.0597 e. The minimum Gasteiger partial charge on any atom is -0.309 e. The summed E-state index contributed by atoms with van der Waals surface area (Å²) < 4.78 is 3.94. The molecule has 2 aromatic rings. The molecule has 0 bridgehead atoms. The molecule has 110 valence electrons. The molecule has 0 spiro atoms. The van der Waals surface area contributed by atoms with Crippen molar-refractivity contribution in [2.45, 2.75) is 39.2 Å². The number of aryl methyl sites for hydroxylation is 4. The van der Waals surface area contributed by atoms with Crippen LogP contribution in [0.4, 0.5) is 0 Å². The Kier molecular flexibility index (Phi) is 4.95. The van der Waals surface area contributed by atoms with E-state index in [0.29, 0.717) is 6.04 Å². The fraction of sp³-hybridized carbons (Fsp3) is 0.600. The second kappa shape index (κ2) is 6.70. The number of nitrogens with zero attached hydrogens (tertiary/aromatic N) is 4. The van der Waals surface area contributed by atoms with Gasteiger partial charge in [0.2, 0.25) is 0 Å². The molecule has 0 radical (unpaired) electrons. The van der Waals surface area contributed by atoms with Crippen molar-refractivity contribution < 1.29 is 0 Å². The van der Waals surface area contributed by atoms with Gasteiger partial charge in [0.15, 0.2) is 0 Å². The quantitative estimate of drug-likeness (QED) is 0.842. The smallest absolute Gasteiger partial charge is 0.0597 e. The van der Waals surface area contributed by atoms with Crippen molar-refractivity contribution in [1.82, 2.24) is 24.9 Å². The van der Waals surface area contributed by atoms with Crippen molar-refractivity contribution in [3.63, 3.8) is 0 Å². The SMILES string of the molecule is CCCNC(CCc1ccnn1C)c1cc(C)nn1C. The molecule has 2 aromatic heterocycles. The fourth-order valence-corrected chi connectivity index (χ4v) is 2.57. The first-order chi connectivity index (χ1) is 9.61. The molecular weight excluding hydrogens is 250 g/mol. The van der Waals surface area contributed by atoms with E-state index in [4.69, 9.17) is 0 Å². The fourth-order valence-electron chi connectivity index (χ4n) is 2.57. The lowest BCUT2D eigenvalue weighted by Crippen LogP contribution is -2.25. The Labute approximate surface area is 121 Å². The zero-order chi connectivity index (χ0) is 14.5. The van der Waals surface area contributed by atoms with Crippen LogP contribution in [0.1, 0.15) is 42.9 Å². The Bertz CT molecular complexity index is 540. The van der Waals surface area contributed by atoms with E-state index in [1.54, 1.807) is 0 Å². The molecule has 0 saturated heterocycles. The third-order valence-corrected chi connectivity index (χ3v) is 3.65. The Morgan fingerprint density at radius 3 is 2.65 bits per heavy atom. The Hall–Kier alpha value is -1.62. The van der Waals surface area contributed by atoms with Crippen LogP contribution in [0.25, 0.3) is 0 Å². The van der Waals surface area contributed by atoms with Gasteiger partial charge in [-0.15, -0.1) is 0 Å². The molecule has 5 nitrogen and oxygen atoms in total. The van der Waals surface area contributed by atoms with Crippen LogP contribution in [0.3, 0.4) is 0 Å². The minimum absolute atomic E-state index is 0.344. The van der Waals surface area contributed by atoms with Gasteiger partial charge < -0.3 is 5.32 Å². The van der Waals surface area contributed by atoms with Crippen LogP contribution < -0.4 is 5.32 Å². The van der Waals surface area contributed by atoms with E-state index < -0.39 is 0 Å². The van der Waals surface area contributed by atoms with Gasteiger partial charge >= 0.3 is 0 Å². The van der Waals surface area contributed by atoms with Gasteiger partial charge in [-0.2, -0.15) is 10.2 Å². The van der Waals surface area contributed by atoms with Gasteiger partial charge in [-0.3, -0.25) is 9.36 Å². The van der Waals surface area contributed by atoms with E-state index >= 15 is 0 Å². The van der Waals surface area contributed by atoms with E-state index in [9.17, 15) is 0 Å². The number of nitrogens with one attached hydrogen (secondary N) is 1. The van der Waals surface area contributed by atoms with E-state index in [1.165, 1.54) is 11.4 Å². The zero-order valence-electron chi connectivity index (χ0n) is 12.9. The maximum absolute atomic E-state index is 4.46. The summed E-state index contributed by atoms with van der Waals surface area (Å²) in [7, 11) is 4.02. The van der Waals surface area contributed by atoms with Crippen LogP contribution >= 0.6 is 0 Å². The molecular formula is C15H25N5. The molecule has 1 N–H and O–H groups in total. The van der Waals surface area contributed by atoms with Gasteiger partial charge in [-0.1, -0.05) is 6.92 Å². The van der Waals surface area contributed by atoms with E-state index in [2.05, 4.69) is 34.6 Å². The molecule has 2 heterocycles. The van der Waals surface area contributed by atoms with Gasteiger partial charge in [-0.25, -0.2) is 0 Å². The van der Waals surface area contributed by atoms with Crippen molar-refractivity contribution in [3.8, 4) is 0 Å². The molecule has 0 aliphatic carbocycles. The highest BCUT2D eigenvalue weighted by molar-refractivity contribution is 5.14. The van der Waals surface area contributed by atoms with Crippen molar-refractivity contribution in [1.29, 1.82) is 0 Å². The van der Waals surface area contributed by atoms with Crippen molar-refractivity contribution in [2.24, 2.45) is 14.1 Å². The standard InChI is InChI=1S/C15H25N5/c1-5-9-16-14(15-11-12(2)18-20(15)4)7-6-13-8-10-17-19(13)3/h8,10-11,14,16H,5-7,9H2,1-4H3. The van der Waals surface area contributed by atoms with Gasteiger partial charge in [-0.05, 0) is 44.9 Å². The highest BCUT2D eigenvalue weighted by Crippen LogP contribution is 2.19. The predicted molar refractivity (Wildman–Crippen MR) is 80.5 cm³/mol. The molecule has 1 unspecified atom stereocenters. The van der Waals surface area contributed by atoms with Crippen LogP contribution in [-0.2, 0) is 20.5 Å². The highest BCUT2D eigenvalue weighted by atomic mass is 15.3. The van der Waals surface area contributed by atoms with Gasteiger partial charge in [0, 0.05) is 32.0 Å². The first kappa shape index (κ1) is 14.8. The molecule has 0 fully saturated rings. The maximum atomic E-state index is 4.46. The van der Waals surface area contributed by atoms with Crippen molar-refractivity contribution in [3.05, 3.63) is 35.4 Å². The van der Waals surface area contributed by atoms with Gasteiger partial charge in [0.25, 0.3) is 0 Å². The summed E-state index contributed by atoms with van der Waals surface area (Å²) in [6.07, 6.45) is 5.07. The number of hydrogen-bond donors (Lipinski definition) is 1. The van der Waals surface area contributed by atoms with E-state index in [0.717, 1.165) is 31.5 Å². The molecule has 1 atom stereocenters. The van der Waals surface area contributed by atoms with Crippen LogP contribution in [0.5, 0.6) is 0 Å². The van der Waals surface area contributed by atoms with Gasteiger partial charge in [0.1, 0.15) is 0 Å². The summed E-state index contributed by atoms with van der Waals surface area (Å²) in [5.41, 5.74) is 3.61. The second-order valence-corrected chi connectivity index (χ2v) is 5.33. The van der Waals surface area contributed by atoms with E-state index in [-0.39, 0.29) is 0 Å². The normalized spacial score (nSPS) is 12.8. The van der Waals surface area contributed by atoms with E-state index in [1.807, 2.05) is 36.6 Å². The van der Waals surface area contributed by atoms with Gasteiger partial charge in [0.05, 0.1) is 11.4 Å². The Balaban J connectivity index is 2.07. The monoisotopic (exact) mass is 275 g/mol. The summed E-state index contributed by atoms with van der Waals surface area (Å²) in [4.78, 5) is 0. The number of rotatable bonds is 7. The highest BCUT2D eigenvalue weighted by Gasteiger charge is 2.16. The number of hydrogen-bond acceptors (Lipinski definition) is 3. The summed E-state index contributed by atoms with van der Waals surface area (Å²) in [6.45, 7) is 5.27. The van der Waals surface area contributed by atoms with Crippen molar-refractivity contribution in [2.75, 3.05) is 6.54 Å². The topological polar surface area (TPSA) is 47.7 Å². The Morgan fingerprint density at radius 2 is 2.10 bits per heavy atom. The second-order valence-electron chi connectivity index (χ2n) is 5.33. The number of aromatic nitrogens is 4. The molecule has 0 aliphatic heterocycles. The molecule has 5 heteroatoms. The average molecular weight is 275 g/mol. The summed E-state index contributed by atoms with van der Waals surface area (Å²) >= 11 is 0. The minimum atomic E-state index is 0.344. The predicted octanol–water partition coefficient (Wildman–Crippen LogP) is 2.14. The molecule has 2 rings (SSSR count). The molecule has 20 heavy (non-hydrogen) atoms. The lowest BCUT2D eigenvalue weighted by atomic mass is 10.1. The van der Waals surface area contributed by atoms with Crippen molar-refractivity contribution >= 4 is 0 Å². The lowest BCUT2D eigenvalue weighted by Gasteiger charge is -2.18. The molecule has 0 saturated carbocycles. The molecule has 0 amide bonds. The average Bonchev–Trinajstić information content (AvgIpc) is 2.96. The third kappa shape index (κ3) is 3.48. The lowest BCUT2D eigenvalue weighted by molar-refractivity contribution is 0.462. The first-order valence-corrected chi connectivity index (χ1v) is 7.32. The summed E-state index contributed by atoms with van der Waals surface area (Å²) in [5.74, 6) is 0. The van der Waals surface area contributed by atoms with Crippen LogP contribution in [0, 0.1) is 6.92 Å². The zero-order valence-corrected chi connectivity index (χ0v) is 12.9. The summed E-state index contributed by atoms with van der Waals surface area (Å²) in [5, 5.41) is 12.3. The first-order valence-electron chi connectivity index (χ1n) is 7.32. The largest absolute Gasteiger partial charge is 0.309 e. The molecule has 0 aromatic carbocycles. The third-order valence-electron chi connectivity index (χ3n) is 3.65.